The molecule has 0 aromatic heterocycles. The van der Waals surface area contributed by atoms with Crippen LogP contribution in [0.15, 0.2) is 77.8 Å². The minimum absolute atomic E-state index is 0.0332. The molecule has 37 heavy (non-hydrogen) atoms. The summed E-state index contributed by atoms with van der Waals surface area (Å²) in [7, 11) is 0. The van der Waals surface area contributed by atoms with Crippen molar-refractivity contribution in [2.45, 2.75) is 20.4 Å². The number of carboxylic acids is 1. The minimum Gasteiger partial charge on any atom is -0.478 e. The van der Waals surface area contributed by atoms with E-state index in [-0.39, 0.29) is 11.5 Å². The van der Waals surface area contributed by atoms with Crippen LogP contribution in [0.25, 0.3) is 0 Å². The van der Waals surface area contributed by atoms with Gasteiger partial charge in [0.05, 0.1) is 18.7 Å². The van der Waals surface area contributed by atoms with Gasteiger partial charge in [0.15, 0.2) is 5.96 Å². The van der Waals surface area contributed by atoms with Crippen molar-refractivity contribution in [3.63, 3.8) is 0 Å². The summed E-state index contributed by atoms with van der Waals surface area (Å²) in [5.41, 5.74) is 5.12. The molecule has 3 aromatic rings. The molecule has 1 saturated heterocycles. The molecule has 8 heteroatoms. The van der Waals surface area contributed by atoms with E-state index in [0.29, 0.717) is 50.9 Å². The van der Waals surface area contributed by atoms with Crippen LogP contribution in [0.4, 0.5) is 11.4 Å². The zero-order valence-corrected chi connectivity index (χ0v) is 21.3. The molecule has 1 amide bonds. The van der Waals surface area contributed by atoms with Gasteiger partial charge in [0.1, 0.15) is 0 Å². The number of rotatable bonds is 7. The Balaban J connectivity index is 1.40. The smallest absolute Gasteiger partial charge is 0.335 e. The summed E-state index contributed by atoms with van der Waals surface area (Å²) in [6, 6.07) is 22.7. The van der Waals surface area contributed by atoms with Crippen molar-refractivity contribution >= 4 is 29.2 Å². The Morgan fingerprint density at radius 2 is 1.49 bits per heavy atom. The van der Waals surface area contributed by atoms with Gasteiger partial charge in [0.2, 0.25) is 5.91 Å². The van der Waals surface area contributed by atoms with Crippen LogP contribution in [0.3, 0.4) is 0 Å². The molecule has 0 atom stereocenters. The van der Waals surface area contributed by atoms with E-state index in [2.05, 4.69) is 51.6 Å². The number of amides is 1. The first-order valence-electron chi connectivity index (χ1n) is 12.4. The number of guanidine groups is 1. The van der Waals surface area contributed by atoms with Gasteiger partial charge in [-0.15, -0.1) is 0 Å². The molecule has 1 aliphatic heterocycles. The number of piperazine rings is 1. The molecule has 0 radical (unpaired) electrons. The normalized spacial score (nSPS) is 14.3. The molecule has 1 heterocycles. The van der Waals surface area contributed by atoms with Crippen molar-refractivity contribution in [3.8, 4) is 0 Å². The van der Waals surface area contributed by atoms with Gasteiger partial charge in [-0.2, -0.15) is 0 Å². The predicted molar refractivity (Wildman–Crippen MR) is 147 cm³/mol. The number of hydrogen-bond donors (Lipinski definition) is 3. The summed E-state index contributed by atoms with van der Waals surface area (Å²) >= 11 is 0. The van der Waals surface area contributed by atoms with E-state index in [1.54, 1.807) is 18.2 Å². The van der Waals surface area contributed by atoms with Gasteiger partial charge in [0, 0.05) is 37.6 Å². The number of carboxylic acid groups (broad SMARTS) is 1. The molecular formula is C29H33N5O3. The molecule has 3 aromatic carbocycles. The molecule has 0 bridgehead atoms. The maximum atomic E-state index is 12.5. The van der Waals surface area contributed by atoms with Gasteiger partial charge in [-0.25, -0.2) is 9.79 Å². The maximum absolute atomic E-state index is 12.5. The molecule has 192 valence electrons. The summed E-state index contributed by atoms with van der Waals surface area (Å²) in [4.78, 5) is 33.1. The third-order valence-corrected chi connectivity index (χ3v) is 6.27. The van der Waals surface area contributed by atoms with Crippen molar-refractivity contribution in [1.29, 1.82) is 0 Å². The summed E-state index contributed by atoms with van der Waals surface area (Å²) in [5.74, 6) is -0.319. The lowest BCUT2D eigenvalue weighted by Crippen LogP contribution is -2.52. The summed E-state index contributed by atoms with van der Waals surface area (Å²) in [5, 5.41) is 15.7. The van der Waals surface area contributed by atoms with Gasteiger partial charge in [-0.1, -0.05) is 53.6 Å². The van der Waals surface area contributed by atoms with Crippen molar-refractivity contribution in [2.75, 3.05) is 43.4 Å². The summed E-state index contributed by atoms with van der Waals surface area (Å²) in [6.07, 6.45) is 0. The molecule has 4 rings (SSSR count). The summed E-state index contributed by atoms with van der Waals surface area (Å²) in [6.45, 7) is 7.69. The predicted octanol–water partition coefficient (Wildman–Crippen LogP) is 4.23. The van der Waals surface area contributed by atoms with Crippen molar-refractivity contribution < 1.29 is 14.7 Å². The van der Waals surface area contributed by atoms with E-state index in [9.17, 15) is 14.7 Å². The second-order valence-electron chi connectivity index (χ2n) is 9.31. The lowest BCUT2D eigenvalue weighted by atomic mass is 10.1. The van der Waals surface area contributed by atoms with Gasteiger partial charge in [0.25, 0.3) is 0 Å². The number of aromatic carboxylic acids is 1. The quantitative estimate of drug-likeness (QED) is 0.333. The fourth-order valence-electron chi connectivity index (χ4n) is 4.10. The molecule has 3 N–H and O–H groups in total. The lowest BCUT2D eigenvalue weighted by Gasteiger charge is -2.36. The van der Waals surface area contributed by atoms with Gasteiger partial charge in [-0.3, -0.25) is 9.69 Å². The Hall–Kier alpha value is -4.17. The summed E-state index contributed by atoms with van der Waals surface area (Å²) < 4.78 is 0. The number of aliphatic imine (C=N–C) groups is 1. The number of nitrogens with zero attached hydrogens (tertiary/aromatic N) is 3. The number of carbonyl (C=O) groups is 2. The van der Waals surface area contributed by atoms with Crippen LogP contribution < -0.4 is 10.6 Å². The Kier molecular flexibility index (Phi) is 8.53. The van der Waals surface area contributed by atoms with Crippen LogP contribution in [0.1, 0.15) is 27.0 Å². The van der Waals surface area contributed by atoms with Crippen LogP contribution >= 0.6 is 0 Å². The molecule has 0 spiro atoms. The monoisotopic (exact) mass is 499 g/mol. The fourth-order valence-corrected chi connectivity index (χ4v) is 4.10. The maximum Gasteiger partial charge on any atom is 0.335 e. The van der Waals surface area contributed by atoms with E-state index in [4.69, 9.17) is 4.99 Å². The molecule has 0 aliphatic carbocycles. The number of hydrogen-bond acceptors (Lipinski definition) is 4. The zero-order valence-electron chi connectivity index (χ0n) is 21.3. The highest BCUT2D eigenvalue weighted by atomic mass is 16.4. The fraction of sp³-hybridized carbons (Fsp3) is 0.276. The Bertz CT molecular complexity index is 1250. The van der Waals surface area contributed by atoms with Gasteiger partial charge in [-0.05, 0) is 49.7 Å². The van der Waals surface area contributed by atoms with E-state index in [0.717, 1.165) is 16.8 Å². The third kappa shape index (κ3) is 7.65. The number of carbonyl (C=O) groups excluding carboxylic acids is 1. The van der Waals surface area contributed by atoms with E-state index in [1.165, 1.54) is 5.56 Å². The Labute approximate surface area is 217 Å². The standard InChI is InChI=1S/C29H33N5O3/c1-21-6-10-23(11-7-21)19-30-29(32-26-5-3-4-24(18-26)28(36)37)34-16-14-33(15-17-34)20-27(35)31-25-12-8-22(2)9-13-25/h3-13,18H,14-17,19-20H2,1-2H3,(H,30,32)(H,31,35)(H,36,37). The third-order valence-electron chi connectivity index (χ3n) is 6.27. The van der Waals surface area contributed by atoms with Crippen LogP contribution in [0.5, 0.6) is 0 Å². The zero-order chi connectivity index (χ0) is 26.2. The van der Waals surface area contributed by atoms with Crippen LogP contribution in [0.2, 0.25) is 0 Å². The topological polar surface area (TPSA) is 97.3 Å². The molecule has 0 unspecified atom stereocenters. The van der Waals surface area contributed by atoms with Gasteiger partial charge < -0.3 is 20.6 Å². The lowest BCUT2D eigenvalue weighted by molar-refractivity contribution is -0.117. The number of aryl methyl sites for hydroxylation is 2. The van der Waals surface area contributed by atoms with Crippen molar-refractivity contribution in [2.24, 2.45) is 4.99 Å². The number of nitrogens with one attached hydrogen (secondary N) is 2. The largest absolute Gasteiger partial charge is 0.478 e. The first kappa shape index (κ1) is 25.9. The van der Waals surface area contributed by atoms with Crippen LogP contribution in [0, 0.1) is 13.8 Å². The van der Waals surface area contributed by atoms with Crippen LogP contribution in [-0.2, 0) is 11.3 Å². The van der Waals surface area contributed by atoms with Gasteiger partial charge >= 0.3 is 5.97 Å². The Morgan fingerprint density at radius 3 is 2.14 bits per heavy atom. The first-order chi connectivity index (χ1) is 17.9. The van der Waals surface area contributed by atoms with Crippen molar-refractivity contribution in [3.05, 3.63) is 95.1 Å². The molecular weight excluding hydrogens is 466 g/mol. The highest BCUT2D eigenvalue weighted by Crippen LogP contribution is 2.14. The molecule has 1 aliphatic rings. The number of anilines is 2. The van der Waals surface area contributed by atoms with Crippen molar-refractivity contribution in [1.82, 2.24) is 9.80 Å². The SMILES string of the molecule is Cc1ccc(CN=C(Nc2cccc(C(=O)O)c2)N2CCN(CC(=O)Nc3ccc(C)cc3)CC2)cc1. The van der Waals surface area contributed by atoms with E-state index < -0.39 is 5.97 Å². The first-order valence-corrected chi connectivity index (χ1v) is 12.4. The molecule has 8 nitrogen and oxygen atoms in total. The average molecular weight is 500 g/mol. The van der Waals surface area contributed by atoms with E-state index in [1.807, 2.05) is 37.3 Å². The highest BCUT2D eigenvalue weighted by Gasteiger charge is 2.22. The van der Waals surface area contributed by atoms with Crippen LogP contribution in [-0.4, -0.2) is 65.5 Å². The average Bonchev–Trinajstić information content (AvgIpc) is 2.89. The second kappa shape index (κ2) is 12.2. The molecule has 1 fully saturated rings. The Morgan fingerprint density at radius 1 is 0.838 bits per heavy atom. The minimum atomic E-state index is -0.973. The van der Waals surface area contributed by atoms with E-state index >= 15 is 0 Å². The molecule has 0 saturated carbocycles. The second-order valence-corrected chi connectivity index (χ2v) is 9.31. The number of benzene rings is 3. The highest BCUT2D eigenvalue weighted by molar-refractivity contribution is 5.96.